The Morgan fingerprint density at radius 3 is 2.81 bits per heavy atom. The fourth-order valence-corrected chi connectivity index (χ4v) is 1.38. The van der Waals surface area contributed by atoms with Crippen LogP contribution >= 0.6 is 0 Å². The lowest BCUT2D eigenvalue weighted by atomic mass is 10.3. The molecule has 5 nitrogen and oxygen atoms in total. The quantitative estimate of drug-likeness (QED) is 0.701. The minimum atomic E-state index is -0.204. The van der Waals surface area contributed by atoms with Crippen LogP contribution in [0.1, 0.15) is 19.0 Å². The number of carbonyl (C=O) groups excluding carboxylic acids is 1. The first-order valence-corrected chi connectivity index (χ1v) is 5.27. The van der Waals surface area contributed by atoms with Gasteiger partial charge in [-0.05, 0) is 13.8 Å². The summed E-state index contributed by atoms with van der Waals surface area (Å²) in [7, 11) is 1.40. The number of hydrogen-bond donors (Lipinski definition) is 0. The molecule has 0 aliphatic carbocycles. The summed E-state index contributed by atoms with van der Waals surface area (Å²) in [6.07, 6.45) is 1.90. The average Bonchev–Trinajstić information content (AvgIpc) is 2.29. The van der Waals surface area contributed by atoms with Gasteiger partial charge in [0.1, 0.15) is 12.1 Å². The SMILES string of the molecule is CCN(CCC(=O)OC)c1cc(C)ncn1. The average molecular weight is 223 g/mol. The Morgan fingerprint density at radius 2 is 2.25 bits per heavy atom. The molecule has 0 fully saturated rings. The van der Waals surface area contributed by atoms with Gasteiger partial charge in [0.15, 0.2) is 0 Å². The summed E-state index contributed by atoms with van der Waals surface area (Å²) in [5.74, 6) is 0.642. The van der Waals surface area contributed by atoms with Crippen LogP contribution in [0.5, 0.6) is 0 Å². The molecule has 0 aliphatic rings. The maximum absolute atomic E-state index is 11.0. The molecule has 0 radical (unpaired) electrons. The van der Waals surface area contributed by atoms with Gasteiger partial charge in [-0.1, -0.05) is 0 Å². The highest BCUT2D eigenvalue weighted by Gasteiger charge is 2.08. The van der Waals surface area contributed by atoms with Crippen LogP contribution in [0.4, 0.5) is 5.82 Å². The van der Waals surface area contributed by atoms with E-state index in [9.17, 15) is 4.79 Å². The molecule has 0 aromatic carbocycles. The summed E-state index contributed by atoms with van der Waals surface area (Å²) in [5.41, 5.74) is 0.918. The summed E-state index contributed by atoms with van der Waals surface area (Å²) < 4.78 is 4.61. The number of nitrogens with zero attached hydrogens (tertiary/aromatic N) is 3. The van der Waals surface area contributed by atoms with Gasteiger partial charge >= 0.3 is 5.97 Å². The van der Waals surface area contributed by atoms with Gasteiger partial charge in [-0.3, -0.25) is 4.79 Å². The zero-order valence-electron chi connectivity index (χ0n) is 9.93. The molecule has 5 heteroatoms. The van der Waals surface area contributed by atoms with Crippen molar-refractivity contribution < 1.29 is 9.53 Å². The number of carbonyl (C=O) groups is 1. The van der Waals surface area contributed by atoms with E-state index in [4.69, 9.17) is 0 Å². The molecule has 0 saturated carbocycles. The van der Waals surface area contributed by atoms with Crippen molar-refractivity contribution in [2.24, 2.45) is 0 Å². The molecule has 0 amide bonds. The van der Waals surface area contributed by atoms with Crippen LogP contribution in [0.3, 0.4) is 0 Å². The van der Waals surface area contributed by atoms with E-state index in [1.54, 1.807) is 0 Å². The van der Waals surface area contributed by atoms with E-state index in [0.717, 1.165) is 18.1 Å². The summed E-state index contributed by atoms with van der Waals surface area (Å²) in [5, 5.41) is 0. The Hall–Kier alpha value is -1.65. The van der Waals surface area contributed by atoms with Crippen molar-refractivity contribution >= 4 is 11.8 Å². The van der Waals surface area contributed by atoms with E-state index in [2.05, 4.69) is 14.7 Å². The van der Waals surface area contributed by atoms with E-state index in [1.807, 2.05) is 24.8 Å². The third-order valence-corrected chi connectivity index (χ3v) is 2.31. The van der Waals surface area contributed by atoms with Gasteiger partial charge in [0.05, 0.1) is 13.5 Å². The zero-order valence-corrected chi connectivity index (χ0v) is 9.93. The second kappa shape index (κ2) is 6.05. The molecular formula is C11H17N3O2. The Balaban J connectivity index is 2.64. The van der Waals surface area contributed by atoms with Crippen molar-refractivity contribution in [2.45, 2.75) is 20.3 Å². The minimum absolute atomic E-state index is 0.204. The smallest absolute Gasteiger partial charge is 0.307 e. The largest absolute Gasteiger partial charge is 0.469 e. The number of rotatable bonds is 5. The highest BCUT2D eigenvalue weighted by atomic mass is 16.5. The second-order valence-electron chi connectivity index (χ2n) is 3.42. The number of esters is 1. The van der Waals surface area contributed by atoms with Crippen LogP contribution < -0.4 is 4.90 Å². The van der Waals surface area contributed by atoms with Gasteiger partial charge < -0.3 is 9.64 Å². The van der Waals surface area contributed by atoms with Gasteiger partial charge in [-0.15, -0.1) is 0 Å². The van der Waals surface area contributed by atoms with Crippen molar-refractivity contribution in [1.29, 1.82) is 0 Å². The monoisotopic (exact) mass is 223 g/mol. The molecule has 0 atom stereocenters. The molecule has 1 rings (SSSR count). The summed E-state index contributed by atoms with van der Waals surface area (Å²) in [6, 6.07) is 1.90. The number of anilines is 1. The molecular weight excluding hydrogens is 206 g/mol. The lowest BCUT2D eigenvalue weighted by Crippen LogP contribution is -2.27. The van der Waals surface area contributed by atoms with Gasteiger partial charge in [0.25, 0.3) is 0 Å². The maximum atomic E-state index is 11.0. The summed E-state index contributed by atoms with van der Waals surface area (Å²) in [4.78, 5) is 21.3. The first-order chi connectivity index (χ1) is 7.67. The summed E-state index contributed by atoms with van der Waals surface area (Å²) in [6.45, 7) is 5.35. The standard InChI is InChI=1S/C11H17N3O2/c1-4-14(6-5-11(15)16-3)10-7-9(2)12-8-13-10/h7-8H,4-6H2,1-3H3. The van der Waals surface area contributed by atoms with Gasteiger partial charge in [0, 0.05) is 24.8 Å². The second-order valence-corrected chi connectivity index (χ2v) is 3.42. The van der Waals surface area contributed by atoms with Crippen LogP contribution in [-0.4, -0.2) is 36.1 Å². The van der Waals surface area contributed by atoms with E-state index in [1.165, 1.54) is 13.4 Å². The Labute approximate surface area is 95.5 Å². The van der Waals surface area contributed by atoms with Crippen LogP contribution in [0, 0.1) is 6.92 Å². The van der Waals surface area contributed by atoms with Gasteiger partial charge in [-0.25, -0.2) is 9.97 Å². The highest BCUT2D eigenvalue weighted by molar-refractivity contribution is 5.69. The van der Waals surface area contributed by atoms with Crippen molar-refractivity contribution in [2.75, 3.05) is 25.1 Å². The van der Waals surface area contributed by atoms with Crippen LogP contribution in [0.15, 0.2) is 12.4 Å². The molecule has 0 bridgehead atoms. The third-order valence-electron chi connectivity index (χ3n) is 2.31. The predicted molar refractivity (Wildman–Crippen MR) is 61.3 cm³/mol. The van der Waals surface area contributed by atoms with E-state index in [-0.39, 0.29) is 5.97 Å². The number of methoxy groups -OCH3 is 1. The Bertz CT molecular complexity index is 355. The lowest BCUT2D eigenvalue weighted by Gasteiger charge is -2.21. The number of hydrogen-bond acceptors (Lipinski definition) is 5. The minimum Gasteiger partial charge on any atom is -0.469 e. The van der Waals surface area contributed by atoms with E-state index < -0.39 is 0 Å². The van der Waals surface area contributed by atoms with Crippen molar-refractivity contribution in [1.82, 2.24) is 9.97 Å². The third kappa shape index (κ3) is 3.49. The van der Waals surface area contributed by atoms with Crippen LogP contribution in [-0.2, 0) is 9.53 Å². The number of ether oxygens (including phenoxy) is 1. The zero-order chi connectivity index (χ0) is 12.0. The molecule has 1 aromatic heterocycles. The molecule has 0 N–H and O–H groups in total. The number of aromatic nitrogens is 2. The first kappa shape index (κ1) is 12.4. The molecule has 88 valence electrons. The predicted octanol–water partition coefficient (Wildman–Crippen LogP) is 1.17. The Morgan fingerprint density at radius 1 is 1.50 bits per heavy atom. The summed E-state index contributed by atoms with van der Waals surface area (Å²) >= 11 is 0. The number of aryl methyl sites for hydroxylation is 1. The fourth-order valence-electron chi connectivity index (χ4n) is 1.38. The molecule has 0 unspecified atom stereocenters. The molecule has 1 heterocycles. The lowest BCUT2D eigenvalue weighted by molar-refractivity contribution is -0.140. The topological polar surface area (TPSA) is 55.3 Å². The van der Waals surface area contributed by atoms with Crippen molar-refractivity contribution in [3.05, 3.63) is 18.1 Å². The van der Waals surface area contributed by atoms with E-state index in [0.29, 0.717) is 13.0 Å². The highest BCUT2D eigenvalue weighted by Crippen LogP contribution is 2.10. The molecule has 0 spiro atoms. The van der Waals surface area contributed by atoms with E-state index >= 15 is 0 Å². The van der Waals surface area contributed by atoms with Crippen molar-refractivity contribution in [3.63, 3.8) is 0 Å². The Kier molecular flexibility index (Phi) is 4.69. The molecule has 0 aliphatic heterocycles. The van der Waals surface area contributed by atoms with Crippen LogP contribution in [0.2, 0.25) is 0 Å². The fraction of sp³-hybridized carbons (Fsp3) is 0.545. The van der Waals surface area contributed by atoms with Crippen molar-refractivity contribution in [3.8, 4) is 0 Å². The maximum Gasteiger partial charge on any atom is 0.307 e. The van der Waals surface area contributed by atoms with Crippen LogP contribution in [0.25, 0.3) is 0 Å². The van der Waals surface area contributed by atoms with Gasteiger partial charge in [0.2, 0.25) is 0 Å². The first-order valence-electron chi connectivity index (χ1n) is 5.27. The van der Waals surface area contributed by atoms with Gasteiger partial charge in [-0.2, -0.15) is 0 Å². The molecule has 1 aromatic rings. The normalized spacial score (nSPS) is 9.94. The molecule has 0 saturated heterocycles. The molecule has 16 heavy (non-hydrogen) atoms.